The third-order valence-corrected chi connectivity index (χ3v) is 3.89. The SMILES string of the molecule is CCSSc1ccccn1.CNC(=O)CCN. The number of carbonyl (C=O) groups excluding carboxylic acids is 1. The number of nitrogens with two attached hydrogens (primary N) is 1. The number of nitrogens with one attached hydrogen (secondary N) is 1. The molecule has 1 aromatic rings. The molecule has 1 rings (SSSR count). The van der Waals surface area contributed by atoms with Crippen molar-refractivity contribution in [1.82, 2.24) is 10.3 Å². The van der Waals surface area contributed by atoms with Gasteiger partial charge >= 0.3 is 0 Å². The van der Waals surface area contributed by atoms with Gasteiger partial charge < -0.3 is 11.1 Å². The van der Waals surface area contributed by atoms with E-state index in [1.807, 2.05) is 35.2 Å². The molecule has 96 valence electrons. The standard InChI is InChI=1S/C7H9NS2.C4H10N2O/c1-2-9-10-7-5-3-4-6-8-7;1-6-4(7)2-3-5/h3-6H,2H2,1H3;2-3,5H2,1H3,(H,6,7). The van der Waals surface area contributed by atoms with Crippen molar-refractivity contribution in [3.8, 4) is 0 Å². The molecule has 0 unspecified atom stereocenters. The van der Waals surface area contributed by atoms with Crippen molar-refractivity contribution in [1.29, 1.82) is 0 Å². The van der Waals surface area contributed by atoms with Crippen LogP contribution in [-0.4, -0.2) is 30.2 Å². The Morgan fingerprint density at radius 3 is 2.71 bits per heavy atom. The van der Waals surface area contributed by atoms with Crippen molar-refractivity contribution >= 4 is 27.5 Å². The van der Waals surface area contributed by atoms with Gasteiger partial charge in [0.15, 0.2) is 0 Å². The van der Waals surface area contributed by atoms with E-state index in [4.69, 9.17) is 5.73 Å². The van der Waals surface area contributed by atoms with Gasteiger partial charge in [-0.1, -0.05) is 23.8 Å². The van der Waals surface area contributed by atoms with Gasteiger partial charge in [-0.2, -0.15) is 0 Å². The Labute approximate surface area is 111 Å². The minimum Gasteiger partial charge on any atom is -0.359 e. The second kappa shape index (κ2) is 11.8. The number of rotatable bonds is 5. The third-order valence-electron chi connectivity index (χ3n) is 1.55. The van der Waals surface area contributed by atoms with E-state index in [-0.39, 0.29) is 5.91 Å². The lowest BCUT2D eigenvalue weighted by molar-refractivity contribution is -0.120. The summed E-state index contributed by atoms with van der Waals surface area (Å²) in [7, 11) is 5.14. The van der Waals surface area contributed by atoms with Crippen LogP contribution in [-0.2, 0) is 4.79 Å². The first kappa shape index (κ1) is 16.3. The van der Waals surface area contributed by atoms with Crippen LogP contribution in [0.3, 0.4) is 0 Å². The van der Waals surface area contributed by atoms with Gasteiger partial charge in [-0.15, -0.1) is 0 Å². The van der Waals surface area contributed by atoms with Crippen LogP contribution in [0.2, 0.25) is 0 Å². The Morgan fingerprint density at radius 2 is 2.29 bits per heavy atom. The normalized spacial score (nSPS) is 9.12. The van der Waals surface area contributed by atoms with Crippen LogP contribution in [0, 0.1) is 0 Å². The monoisotopic (exact) mass is 273 g/mol. The molecule has 6 heteroatoms. The summed E-state index contributed by atoms with van der Waals surface area (Å²) in [4.78, 5) is 14.4. The number of nitrogens with zero attached hydrogens (tertiary/aromatic N) is 1. The van der Waals surface area contributed by atoms with Crippen molar-refractivity contribution in [3.05, 3.63) is 24.4 Å². The van der Waals surface area contributed by atoms with Gasteiger partial charge in [0.25, 0.3) is 0 Å². The molecular weight excluding hydrogens is 254 g/mol. The molecule has 0 aromatic carbocycles. The van der Waals surface area contributed by atoms with E-state index in [2.05, 4.69) is 17.2 Å². The second-order valence-electron chi connectivity index (χ2n) is 2.87. The summed E-state index contributed by atoms with van der Waals surface area (Å²) in [6.45, 7) is 2.57. The number of carbonyl (C=O) groups is 1. The Kier molecular flexibility index (Phi) is 11.3. The van der Waals surface area contributed by atoms with Crippen LogP contribution in [0.1, 0.15) is 13.3 Å². The Balaban J connectivity index is 0.000000325. The first-order valence-corrected chi connectivity index (χ1v) is 7.67. The van der Waals surface area contributed by atoms with Gasteiger partial charge in [0.05, 0.1) is 0 Å². The topological polar surface area (TPSA) is 68.0 Å². The summed E-state index contributed by atoms with van der Waals surface area (Å²) in [6, 6.07) is 5.96. The van der Waals surface area contributed by atoms with Gasteiger partial charge in [0, 0.05) is 32.0 Å². The lowest BCUT2D eigenvalue weighted by Gasteiger charge is -1.94. The molecule has 17 heavy (non-hydrogen) atoms. The minimum atomic E-state index is 0.00231. The second-order valence-corrected chi connectivity index (χ2v) is 5.47. The average Bonchev–Trinajstić information content (AvgIpc) is 2.38. The molecule has 1 amide bonds. The van der Waals surface area contributed by atoms with Crippen LogP contribution in [0.15, 0.2) is 29.4 Å². The highest BCUT2D eigenvalue weighted by molar-refractivity contribution is 8.76. The predicted molar refractivity (Wildman–Crippen MR) is 76.0 cm³/mol. The van der Waals surface area contributed by atoms with Gasteiger partial charge in [-0.3, -0.25) is 4.79 Å². The first-order chi connectivity index (χ1) is 8.24. The van der Waals surface area contributed by atoms with E-state index in [0.717, 1.165) is 10.8 Å². The zero-order chi connectivity index (χ0) is 12.9. The summed E-state index contributed by atoms with van der Waals surface area (Å²) >= 11 is 0. The molecule has 0 aliphatic heterocycles. The van der Waals surface area contributed by atoms with Crippen molar-refractivity contribution < 1.29 is 4.79 Å². The van der Waals surface area contributed by atoms with Gasteiger partial charge in [-0.05, 0) is 22.9 Å². The van der Waals surface area contributed by atoms with E-state index >= 15 is 0 Å². The highest BCUT2D eigenvalue weighted by Gasteiger charge is 1.90. The molecule has 1 aromatic heterocycles. The maximum Gasteiger partial charge on any atom is 0.221 e. The van der Waals surface area contributed by atoms with Gasteiger partial charge in [0.2, 0.25) is 5.91 Å². The summed E-state index contributed by atoms with van der Waals surface area (Å²) < 4.78 is 0. The summed E-state index contributed by atoms with van der Waals surface area (Å²) in [5, 5.41) is 3.54. The zero-order valence-corrected chi connectivity index (χ0v) is 11.8. The van der Waals surface area contributed by atoms with Crippen molar-refractivity contribution in [3.63, 3.8) is 0 Å². The van der Waals surface area contributed by atoms with E-state index in [1.165, 1.54) is 0 Å². The first-order valence-electron chi connectivity index (χ1n) is 5.35. The zero-order valence-electron chi connectivity index (χ0n) is 10.2. The molecule has 0 radical (unpaired) electrons. The van der Waals surface area contributed by atoms with E-state index < -0.39 is 0 Å². The number of amides is 1. The van der Waals surface area contributed by atoms with Crippen LogP contribution >= 0.6 is 21.6 Å². The molecule has 0 spiro atoms. The molecule has 0 fully saturated rings. The highest BCUT2D eigenvalue weighted by atomic mass is 33.1. The molecule has 0 aliphatic rings. The Hall–Kier alpha value is -0.720. The fourth-order valence-electron chi connectivity index (χ4n) is 0.772. The van der Waals surface area contributed by atoms with Crippen LogP contribution < -0.4 is 11.1 Å². The van der Waals surface area contributed by atoms with Crippen molar-refractivity contribution in [2.75, 3.05) is 19.3 Å². The maximum atomic E-state index is 10.2. The Bertz CT molecular complexity index is 296. The number of hydrogen-bond acceptors (Lipinski definition) is 5. The van der Waals surface area contributed by atoms with Crippen LogP contribution in [0.25, 0.3) is 0 Å². The minimum absolute atomic E-state index is 0.00231. The van der Waals surface area contributed by atoms with Gasteiger partial charge in [-0.25, -0.2) is 4.98 Å². The van der Waals surface area contributed by atoms with E-state index in [9.17, 15) is 4.79 Å². The smallest absolute Gasteiger partial charge is 0.221 e. The Morgan fingerprint density at radius 1 is 1.53 bits per heavy atom. The molecule has 0 aliphatic carbocycles. The fourth-order valence-corrected chi connectivity index (χ4v) is 2.26. The molecular formula is C11H19N3OS2. The maximum absolute atomic E-state index is 10.2. The molecule has 0 saturated heterocycles. The quantitative estimate of drug-likeness (QED) is 0.802. The largest absolute Gasteiger partial charge is 0.359 e. The van der Waals surface area contributed by atoms with Gasteiger partial charge in [0.1, 0.15) is 5.03 Å². The number of pyridine rings is 1. The number of hydrogen-bond donors (Lipinski definition) is 2. The summed E-state index contributed by atoms with van der Waals surface area (Å²) in [5.74, 6) is 1.13. The third kappa shape index (κ3) is 10.2. The number of aromatic nitrogens is 1. The van der Waals surface area contributed by atoms with E-state index in [1.54, 1.807) is 17.8 Å². The summed E-state index contributed by atoms with van der Waals surface area (Å²) in [5.41, 5.74) is 5.04. The lowest BCUT2D eigenvalue weighted by Crippen LogP contribution is -2.20. The van der Waals surface area contributed by atoms with Crippen LogP contribution in [0.5, 0.6) is 0 Å². The highest BCUT2D eigenvalue weighted by Crippen LogP contribution is 2.27. The molecule has 0 saturated carbocycles. The average molecular weight is 273 g/mol. The molecule has 4 nitrogen and oxygen atoms in total. The predicted octanol–water partition coefficient (Wildman–Crippen LogP) is 1.92. The van der Waals surface area contributed by atoms with Crippen molar-refractivity contribution in [2.45, 2.75) is 18.4 Å². The van der Waals surface area contributed by atoms with Crippen LogP contribution in [0.4, 0.5) is 0 Å². The molecule has 0 atom stereocenters. The fraction of sp³-hybridized carbons (Fsp3) is 0.455. The lowest BCUT2D eigenvalue weighted by atomic mass is 10.4. The molecule has 3 N–H and O–H groups in total. The molecule has 1 heterocycles. The molecule has 0 bridgehead atoms. The van der Waals surface area contributed by atoms with Crippen molar-refractivity contribution in [2.24, 2.45) is 5.73 Å². The van der Waals surface area contributed by atoms with E-state index in [0.29, 0.717) is 13.0 Å². The summed E-state index contributed by atoms with van der Waals surface area (Å²) in [6.07, 6.45) is 2.25.